The number of ether oxygens (including phenoxy) is 2. The minimum atomic E-state index is -2.90. The number of nitrogens with zero attached hydrogens (tertiary/aromatic N) is 3. The van der Waals surface area contributed by atoms with Crippen LogP contribution in [0.5, 0.6) is 11.5 Å². The van der Waals surface area contributed by atoms with Crippen molar-refractivity contribution in [3.8, 4) is 17.6 Å². The van der Waals surface area contributed by atoms with E-state index in [4.69, 9.17) is 14.7 Å². The summed E-state index contributed by atoms with van der Waals surface area (Å²) in [6.45, 7) is 2.35. The average molecular weight is 393 g/mol. The Bertz CT molecular complexity index is 841. The summed E-state index contributed by atoms with van der Waals surface area (Å²) in [7, 11) is -1.42. The lowest BCUT2D eigenvalue weighted by atomic mass is 10.2. The summed E-state index contributed by atoms with van der Waals surface area (Å²) in [5, 5.41) is 8.92. The maximum absolute atomic E-state index is 12.4. The highest BCUT2D eigenvalue weighted by Gasteiger charge is 2.34. The predicted molar refractivity (Wildman–Crippen MR) is 98.4 cm³/mol. The van der Waals surface area contributed by atoms with E-state index in [-0.39, 0.29) is 30.1 Å². The molecule has 2 fully saturated rings. The Morgan fingerprint density at radius 3 is 2.59 bits per heavy atom. The van der Waals surface area contributed by atoms with Crippen LogP contribution < -0.4 is 9.47 Å². The van der Waals surface area contributed by atoms with Gasteiger partial charge >= 0.3 is 0 Å². The number of benzene rings is 1. The monoisotopic (exact) mass is 393 g/mol. The fourth-order valence-electron chi connectivity index (χ4n) is 3.49. The van der Waals surface area contributed by atoms with Crippen molar-refractivity contribution in [3.05, 3.63) is 23.8 Å². The van der Waals surface area contributed by atoms with Crippen molar-refractivity contribution in [1.82, 2.24) is 9.80 Å². The van der Waals surface area contributed by atoms with E-state index in [1.165, 1.54) is 7.11 Å². The van der Waals surface area contributed by atoms with Crippen LogP contribution in [0.15, 0.2) is 18.2 Å². The Kier molecular flexibility index (Phi) is 5.87. The summed E-state index contributed by atoms with van der Waals surface area (Å²) >= 11 is 0. The van der Waals surface area contributed by atoms with Crippen LogP contribution in [0.25, 0.3) is 0 Å². The topological polar surface area (TPSA) is 99.9 Å². The number of hydrogen-bond acceptors (Lipinski definition) is 7. The number of hydrogen-bond donors (Lipinski definition) is 0. The van der Waals surface area contributed by atoms with Crippen molar-refractivity contribution in [1.29, 1.82) is 5.26 Å². The number of rotatable bonds is 5. The van der Waals surface area contributed by atoms with Crippen LogP contribution in [0.3, 0.4) is 0 Å². The smallest absolute Gasteiger partial charge is 0.260 e. The summed E-state index contributed by atoms with van der Waals surface area (Å²) < 4.78 is 34.0. The molecule has 1 unspecified atom stereocenters. The number of methoxy groups -OCH3 is 1. The summed E-state index contributed by atoms with van der Waals surface area (Å²) in [5.74, 6) is 1.19. The summed E-state index contributed by atoms with van der Waals surface area (Å²) in [4.78, 5) is 16.3. The molecule has 1 amide bonds. The molecule has 0 aromatic heterocycles. The van der Waals surface area contributed by atoms with Crippen LogP contribution in [0.1, 0.15) is 12.0 Å². The van der Waals surface area contributed by atoms with E-state index in [9.17, 15) is 13.2 Å². The zero-order chi connectivity index (χ0) is 19.4. The van der Waals surface area contributed by atoms with E-state index in [1.807, 2.05) is 6.07 Å². The van der Waals surface area contributed by atoms with Crippen LogP contribution in [0.4, 0.5) is 0 Å². The maximum atomic E-state index is 12.4. The Hall–Kier alpha value is -2.31. The van der Waals surface area contributed by atoms with Crippen LogP contribution in [0, 0.1) is 11.3 Å². The predicted octanol–water partition coefficient (Wildman–Crippen LogP) is 0.277. The van der Waals surface area contributed by atoms with Gasteiger partial charge in [-0.05, 0) is 18.6 Å². The third-order valence-electron chi connectivity index (χ3n) is 5.04. The number of piperazine rings is 1. The van der Waals surface area contributed by atoms with E-state index in [0.717, 1.165) is 0 Å². The molecule has 0 spiro atoms. The number of amides is 1. The molecule has 27 heavy (non-hydrogen) atoms. The number of sulfone groups is 1. The largest absolute Gasteiger partial charge is 0.493 e. The zero-order valence-corrected chi connectivity index (χ0v) is 16.1. The molecule has 2 aliphatic heterocycles. The Morgan fingerprint density at radius 2 is 2.00 bits per heavy atom. The van der Waals surface area contributed by atoms with Crippen molar-refractivity contribution in [3.63, 3.8) is 0 Å². The van der Waals surface area contributed by atoms with Crippen molar-refractivity contribution in [2.24, 2.45) is 0 Å². The summed E-state index contributed by atoms with van der Waals surface area (Å²) in [5.41, 5.74) is 0.454. The van der Waals surface area contributed by atoms with Crippen LogP contribution in [-0.4, -0.2) is 81.6 Å². The van der Waals surface area contributed by atoms with E-state index in [2.05, 4.69) is 4.90 Å². The third-order valence-corrected chi connectivity index (χ3v) is 6.79. The molecule has 1 aromatic carbocycles. The second-order valence-corrected chi connectivity index (χ2v) is 8.97. The quantitative estimate of drug-likeness (QED) is 0.708. The number of carbonyl (C=O) groups excluding carboxylic acids is 1. The van der Waals surface area contributed by atoms with E-state index >= 15 is 0 Å². The Labute approximate surface area is 159 Å². The van der Waals surface area contributed by atoms with Gasteiger partial charge in [-0.3, -0.25) is 9.69 Å². The highest BCUT2D eigenvalue weighted by atomic mass is 32.2. The molecule has 3 rings (SSSR count). The second-order valence-electron chi connectivity index (χ2n) is 6.74. The molecular formula is C18H23N3O5S. The molecule has 0 N–H and O–H groups in total. The van der Waals surface area contributed by atoms with Gasteiger partial charge in [0.15, 0.2) is 27.9 Å². The fraction of sp³-hybridized carbons (Fsp3) is 0.556. The van der Waals surface area contributed by atoms with Gasteiger partial charge in [0.25, 0.3) is 5.91 Å². The molecule has 2 heterocycles. The first-order valence-corrected chi connectivity index (χ1v) is 10.7. The SMILES string of the molecule is COc1cc(C#N)ccc1OCC(=O)N1CCN(C2CCS(=O)(=O)C2)CC1. The lowest BCUT2D eigenvalue weighted by Gasteiger charge is -2.37. The van der Waals surface area contributed by atoms with Crippen LogP contribution in [-0.2, 0) is 14.6 Å². The standard InChI is InChI=1S/C18H23N3O5S/c1-25-17-10-14(11-19)2-3-16(17)26-12-18(22)21-7-5-20(6-8-21)15-4-9-27(23,24)13-15/h2-3,10,15H,4-9,12-13H2,1H3. The first kappa shape index (κ1) is 19.5. The van der Waals surface area contributed by atoms with Crippen LogP contribution in [0.2, 0.25) is 0 Å². The molecule has 0 radical (unpaired) electrons. The van der Waals surface area contributed by atoms with E-state index < -0.39 is 9.84 Å². The Morgan fingerprint density at radius 1 is 1.26 bits per heavy atom. The molecule has 1 aromatic rings. The van der Waals surface area contributed by atoms with Crippen LogP contribution >= 0.6 is 0 Å². The molecule has 0 bridgehead atoms. The zero-order valence-electron chi connectivity index (χ0n) is 15.3. The van der Waals surface area contributed by atoms with E-state index in [1.54, 1.807) is 23.1 Å². The minimum absolute atomic E-state index is 0.0754. The van der Waals surface area contributed by atoms with Gasteiger partial charge < -0.3 is 14.4 Å². The lowest BCUT2D eigenvalue weighted by Crippen LogP contribution is -2.53. The van der Waals surface area contributed by atoms with E-state index in [0.29, 0.717) is 49.7 Å². The molecule has 0 saturated carbocycles. The van der Waals surface area contributed by atoms with Gasteiger partial charge in [0.05, 0.1) is 30.2 Å². The molecule has 9 heteroatoms. The summed E-state index contributed by atoms with van der Waals surface area (Å²) in [6, 6.07) is 6.89. The Balaban J connectivity index is 1.50. The fourth-order valence-corrected chi connectivity index (χ4v) is 5.25. The molecular weight excluding hydrogens is 370 g/mol. The van der Waals surface area contributed by atoms with Crippen molar-refractivity contribution >= 4 is 15.7 Å². The summed E-state index contributed by atoms with van der Waals surface area (Å²) in [6.07, 6.45) is 0.678. The van der Waals surface area contributed by atoms with Crippen molar-refractivity contribution in [2.45, 2.75) is 12.5 Å². The van der Waals surface area contributed by atoms with Gasteiger partial charge in [-0.25, -0.2) is 8.42 Å². The normalized spacial score (nSPS) is 22.2. The third kappa shape index (κ3) is 4.70. The first-order chi connectivity index (χ1) is 12.9. The van der Waals surface area contributed by atoms with Gasteiger partial charge in [-0.2, -0.15) is 5.26 Å². The molecule has 1 atom stereocenters. The van der Waals surface area contributed by atoms with Gasteiger partial charge in [0, 0.05) is 38.3 Å². The van der Waals surface area contributed by atoms with Gasteiger partial charge in [-0.15, -0.1) is 0 Å². The molecule has 146 valence electrons. The number of carbonyl (C=O) groups is 1. The highest BCUT2D eigenvalue weighted by molar-refractivity contribution is 7.91. The van der Waals surface area contributed by atoms with Gasteiger partial charge in [0.2, 0.25) is 0 Å². The van der Waals surface area contributed by atoms with Gasteiger partial charge in [0.1, 0.15) is 0 Å². The van der Waals surface area contributed by atoms with Crippen molar-refractivity contribution in [2.75, 3.05) is 51.4 Å². The second kappa shape index (κ2) is 8.15. The highest BCUT2D eigenvalue weighted by Crippen LogP contribution is 2.28. The number of nitriles is 1. The first-order valence-electron chi connectivity index (χ1n) is 8.85. The molecule has 0 aliphatic carbocycles. The maximum Gasteiger partial charge on any atom is 0.260 e. The van der Waals surface area contributed by atoms with Crippen molar-refractivity contribution < 1.29 is 22.7 Å². The molecule has 8 nitrogen and oxygen atoms in total. The molecule has 2 aliphatic rings. The average Bonchev–Trinajstić information content (AvgIpc) is 3.05. The lowest BCUT2D eigenvalue weighted by molar-refractivity contribution is -0.135. The van der Waals surface area contributed by atoms with Gasteiger partial charge in [-0.1, -0.05) is 0 Å². The minimum Gasteiger partial charge on any atom is -0.493 e. The molecule has 2 saturated heterocycles.